The molecule has 0 spiro atoms. The van der Waals surface area contributed by atoms with E-state index in [2.05, 4.69) is 14.7 Å². The Morgan fingerprint density at radius 1 is 1.35 bits per heavy atom. The van der Waals surface area contributed by atoms with Crippen molar-refractivity contribution in [3.8, 4) is 0 Å². The van der Waals surface area contributed by atoms with Crippen LogP contribution in [0, 0.1) is 0 Å². The van der Waals surface area contributed by atoms with Crippen molar-refractivity contribution in [2.45, 2.75) is 23.2 Å². The van der Waals surface area contributed by atoms with E-state index in [1.807, 2.05) is 0 Å². The highest BCUT2D eigenvalue weighted by Gasteiger charge is 2.38. The first-order valence-corrected chi connectivity index (χ1v) is 7.28. The molecule has 0 bridgehead atoms. The molecule has 2 rings (SSSR count). The summed E-state index contributed by atoms with van der Waals surface area (Å²) in [6.45, 7) is 1.45. The van der Waals surface area contributed by atoms with Gasteiger partial charge in [0, 0.05) is 16.8 Å². The van der Waals surface area contributed by atoms with Gasteiger partial charge < -0.3 is 10.5 Å². The molecule has 23 heavy (non-hydrogen) atoms. The summed E-state index contributed by atoms with van der Waals surface area (Å²) in [7, 11) is 0. The lowest BCUT2D eigenvalue weighted by Gasteiger charge is -2.12. The number of benzene rings is 1. The first-order chi connectivity index (χ1) is 10.8. The van der Waals surface area contributed by atoms with Crippen molar-refractivity contribution >= 4 is 23.4 Å². The minimum atomic E-state index is -4.80. The summed E-state index contributed by atoms with van der Waals surface area (Å²) in [5, 5.41) is -0.164. The van der Waals surface area contributed by atoms with Gasteiger partial charge in [-0.2, -0.15) is 13.2 Å². The Balaban J connectivity index is 2.41. The van der Waals surface area contributed by atoms with Gasteiger partial charge in [0.1, 0.15) is 5.56 Å². The maximum atomic E-state index is 13.1. The molecule has 0 saturated carbocycles. The van der Waals surface area contributed by atoms with E-state index in [-0.39, 0.29) is 11.8 Å². The van der Waals surface area contributed by atoms with Crippen molar-refractivity contribution in [1.29, 1.82) is 0 Å². The summed E-state index contributed by atoms with van der Waals surface area (Å²) in [6, 6.07) is 6.64. The number of hydrogen-bond donors (Lipinski definition) is 1. The summed E-state index contributed by atoms with van der Waals surface area (Å²) >= 11 is 0.879. The fraction of sp³-hybridized carbons (Fsp3) is 0.214. The first kappa shape index (κ1) is 17.1. The van der Waals surface area contributed by atoms with Crippen molar-refractivity contribution in [3.63, 3.8) is 0 Å². The second-order valence-corrected chi connectivity index (χ2v) is 5.28. The number of nitrogens with zero attached hydrogens (tertiary/aromatic N) is 2. The number of anilines is 1. The maximum Gasteiger partial charge on any atom is 0.434 e. The lowest BCUT2D eigenvalue weighted by Crippen LogP contribution is -2.18. The molecular formula is C14H12F3N3O2S. The van der Waals surface area contributed by atoms with Gasteiger partial charge in [-0.3, -0.25) is 0 Å². The second-order valence-electron chi connectivity index (χ2n) is 4.27. The number of carbonyl (C=O) groups is 1. The van der Waals surface area contributed by atoms with Gasteiger partial charge in [0.05, 0.1) is 6.61 Å². The summed E-state index contributed by atoms with van der Waals surface area (Å²) in [5.41, 5.74) is 4.08. The molecule has 0 fully saturated rings. The molecule has 0 aliphatic rings. The lowest BCUT2D eigenvalue weighted by atomic mass is 10.2. The molecular weight excluding hydrogens is 331 g/mol. The molecule has 122 valence electrons. The van der Waals surface area contributed by atoms with Gasteiger partial charge in [0.25, 0.3) is 0 Å². The van der Waals surface area contributed by atoms with Gasteiger partial charge in [-0.25, -0.2) is 14.8 Å². The van der Waals surface area contributed by atoms with Gasteiger partial charge in [-0.05, 0) is 30.8 Å². The number of alkyl halides is 3. The monoisotopic (exact) mass is 343 g/mol. The summed E-state index contributed by atoms with van der Waals surface area (Å²) in [5.74, 6) is -1.12. The fourth-order valence-electron chi connectivity index (χ4n) is 1.66. The highest BCUT2D eigenvalue weighted by Crippen LogP contribution is 2.34. The third-order valence-electron chi connectivity index (χ3n) is 2.65. The Morgan fingerprint density at radius 3 is 2.65 bits per heavy atom. The molecule has 9 heteroatoms. The van der Waals surface area contributed by atoms with Crippen molar-refractivity contribution in [2.24, 2.45) is 0 Å². The molecule has 0 radical (unpaired) electrons. The van der Waals surface area contributed by atoms with E-state index in [4.69, 9.17) is 5.73 Å². The third kappa shape index (κ3) is 4.13. The van der Waals surface area contributed by atoms with Crippen LogP contribution in [-0.4, -0.2) is 22.5 Å². The predicted octanol–water partition coefficient (Wildman–Crippen LogP) is 3.41. The molecule has 0 aliphatic heterocycles. The van der Waals surface area contributed by atoms with Crippen LogP contribution in [0.15, 0.2) is 40.5 Å². The number of nitrogens with two attached hydrogens (primary N) is 1. The molecule has 1 aromatic heterocycles. The topological polar surface area (TPSA) is 78.1 Å². The Kier molecular flexibility index (Phi) is 5.09. The number of ether oxygens (including phenoxy) is 1. The molecule has 0 atom stereocenters. The zero-order valence-corrected chi connectivity index (χ0v) is 12.7. The molecule has 2 aromatic rings. The van der Waals surface area contributed by atoms with Crippen molar-refractivity contribution < 1.29 is 22.7 Å². The lowest BCUT2D eigenvalue weighted by molar-refractivity contribution is -0.142. The molecule has 0 amide bonds. The SMILES string of the molecule is CCOC(=O)c1cnc(Sc2ccccc2N)nc1C(F)(F)F. The number of carbonyl (C=O) groups excluding carboxylic acids is 1. The molecule has 1 aromatic carbocycles. The van der Waals surface area contributed by atoms with E-state index >= 15 is 0 Å². The van der Waals surface area contributed by atoms with E-state index in [1.54, 1.807) is 24.3 Å². The standard InChI is InChI=1S/C14H12F3N3O2S/c1-2-22-12(21)8-7-19-13(20-11(8)14(15,16)17)23-10-6-4-3-5-9(10)18/h3-7H,2,18H2,1H3. The average Bonchev–Trinajstić information content (AvgIpc) is 2.49. The molecule has 0 aliphatic carbocycles. The van der Waals surface area contributed by atoms with Gasteiger partial charge >= 0.3 is 12.1 Å². The zero-order chi connectivity index (χ0) is 17.0. The summed E-state index contributed by atoms with van der Waals surface area (Å²) in [4.78, 5) is 19.4. The fourth-order valence-corrected chi connectivity index (χ4v) is 2.43. The maximum absolute atomic E-state index is 13.1. The number of para-hydroxylation sites is 1. The minimum absolute atomic E-state index is 0.0484. The predicted molar refractivity (Wildman–Crippen MR) is 78.0 cm³/mol. The number of esters is 1. The molecule has 1 heterocycles. The summed E-state index contributed by atoms with van der Waals surface area (Å²) < 4.78 is 43.9. The van der Waals surface area contributed by atoms with Crippen LogP contribution in [0.5, 0.6) is 0 Å². The molecule has 5 nitrogen and oxygen atoms in total. The van der Waals surface area contributed by atoms with E-state index in [0.29, 0.717) is 10.6 Å². The number of halogens is 3. The van der Waals surface area contributed by atoms with Crippen LogP contribution in [0.25, 0.3) is 0 Å². The van der Waals surface area contributed by atoms with Gasteiger partial charge in [0.15, 0.2) is 10.9 Å². The van der Waals surface area contributed by atoms with Crippen LogP contribution < -0.4 is 5.73 Å². The number of rotatable bonds is 4. The van der Waals surface area contributed by atoms with Crippen LogP contribution in [-0.2, 0) is 10.9 Å². The quantitative estimate of drug-likeness (QED) is 0.521. The highest BCUT2D eigenvalue weighted by molar-refractivity contribution is 7.99. The Morgan fingerprint density at radius 2 is 2.04 bits per heavy atom. The molecule has 2 N–H and O–H groups in total. The minimum Gasteiger partial charge on any atom is -0.462 e. The normalized spacial score (nSPS) is 11.3. The number of aromatic nitrogens is 2. The smallest absolute Gasteiger partial charge is 0.434 e. The highest BCUT2D eigenvalue weighted by atomic mass is 32.2. The first-order valence-electron chi connectivity index (χ1n) is 6.46. The van der Waals surface area contributed by atoms with Crippen molar-refractivity contribution in [3.05, 3.63) is 41.7 Å². The van der Waals surface area contributed by atoms with Crippen LogP contribution in [0.1, 0.15) is 23.0 Å². The van der Waals surface area contributed by atoms with E-state index < -0.39 is 23.4 Å². The second kappa shape index (κ2) is 6.86. The Bertz CT molecular complexity index is 723. The van der Waals surface area contributed by atoms with Gasteiger partial charge in [-0.15, -0.1) is 0 Å². The largest absolute Gasteiger partial charge is 0.462 e. The van der Waals surface area contributed by atoms with Crippen LogP contribution in [0.4, 0.5) is 18.9 Å². The Labute approximate surface area is 134 Å². The van der Waals surface area contributed by atoms with Crippen LogP contribution >= 0.6 is 11.8 Å². The van der Waals surface area contributed by atoms with Gasteiger partial charge in [-0.1, -0.05) is 12.1 Å². The zero-order valence-electron chi connectivity index (χ0n) is 11.9. The third-order valence-corrected chi connectivity index (χ3v) is 3.62. The summed E-state index contributed by atoms with van der Waals surface area (Å²) in [6.07, 6.45) is -3.99. The van der Waals surface area contributed by atoms with E-state index in [9.17, 15) is 18.0 Å². The average molecular weight is 343 g/mol. The van der Waals surface area contributed by atoms with Gasteiger partial charge in [0.2, 0.25) is 0 Å². The van der Waals surface area contributed by atoms with Crippen molar-refractivity contribution in [2.75, 3.05) is 12.3 Å². The number of hydrogen-bond acceptors (Lipinski definition) is 6. The molecule has 0 saturated heterocycles. The Hall–Kier alpha value is -2.29. The molecule has 0 unspecified atom stereocenters. The van der Waals surface area contributed by atoms with Crippen LogP contribution in [0.3, 0.4) is 0 Å². The van der Waals surface area contributed by atoms with E-state index in [1.165, 1.54) is 6.92 Å². The van der Waals surface area contributed by atoms with Crippen LogP contribution in [0.2, 0.25) is 0 Å². The van der Waals surface area contributed by atoms with Crippen molar-refractivity contribution in [1.82, 2.24) is 9.97 Å². The van der Waals surface area contributed by atoms with E-state index in [0.717, 1.165) is 18.0 Å². The number of nitrogen functional groups attached to an aromatic ring is 1.